The Morgan fingerprint density at radius 1 is 1.53 bits per heavy atom. The summed E-state index contributed by atoms with van der Waals surface area (Å²) in [5, 5.41) is 19.5. The van der Waals surface area contributed by atoms with Gasteiger partial charge in [-0.15, -0.1) is 0 Å². The first-order chi connectivity index (χ1) is 7.11. The number of aromatic nitrogens is 2. The molecule has 7 heteroatoms. The Morgan fingerprint density at radius 3 is 2.87 bits per heavy atom. The zero-order valence-electron chi connectivity index (χ0n) is 7.30. The monoisotopic (exact) mass is 207 g/mol. The van der Waals surface area contributed by atoms with Crippen molar-refractivity contribution in [1.82, 2.24) is 9.97 Å². The Morgan fingerprint density at radius 2 is 2.27 bits per heavy atom. The van der Waals surface area contributed by atoms with Gasteiger partial charge < -0.3 is 10.1 Å². The molecule has 76 valence electrons. The third-order valence-electron chi connectivity index (χ3n) is 1.99. The van der Waals surface area contributed by atoms with Crippen molar-refractivity contribution in [3.63, 3.8) is 0 Å². The minimum atomic E-state index is -1.21. The van der Waals surface area contributed by atoms with E-state index in [0.29, 0.717) is 5.52 Å². The summed E-state index contributed by atoms with van der Waals surface area (Å²) < 4.78 is 0. The highest BCUT2D eigenvalue weighted by molar-refractivity contribution is 6.06. The van der Waals surface area contributed by atoms with Crippen molar-refractivity contribution in [2.24, 2.45) is 0 Å². The molecule has 0 saturated heterocycles. The van der Waals surface area contributed by atoms with Crippen LogP contribution in [0.4, 0.5) is 5.69 Å². The van der Waals surface area contributed by atoms with Crippen LogP contribution in [-0.4, -0.2) is 26.0 Å². The van der Waals surface area contributed by atoms with Crippen molar-refractivity contribution in [1.29, 1.82) is 0 Å². The van der Waals surface area contributed by atoms with Gasteiger partial charge >= 0.3 is 5.97 Å². The molecule has 0 spiro atoms. The summed E-state index contributed by atoms with van der Waals surface area (Å²) in [6, 6.07) is 0. The molecule has 0 aromatic carbocycles. The molecule has 2 rings (SSSR count). The number of fused-ring (bicyclic) bond motifs is 1. The van der Waals surface area contributed by atoms with Crippen LogP contribution in [0, 0.1) is 10.1 Å². The summed E-state index contributed by atoms with van der Waals surface area (Å²) in [5.41, 5.74) is -0.105. The Kier molecular flexibility index (Phi) is 1.86. The van der Waals surface area contributed by atoms with Gasteiger partial charge in [0.15, 0.2) is 0 Å². The van der Waals surface area contributed by atoms with Crippen LogP contribution in [0.5, 0.6) is 0 Å². The molecule has 0 bridgehead atoms. The molecular weight excluding hydrogens is 202 g/mol. The fourth-order valence-corrected chi connectivity index (χ4v) is 1.37. The third-order valence-corrected chi connectivity index (χ3v) is 1.99. The van der Waals surface area contributed by atoms with E-state index in [9.17, 15) is 14.9 Å². The molecule has 0 radical (unpaired) electrons. The number of pyridine rings is 1. The number of nitrogens with one attached hydrogen (secondary N) is 1. The topological polar surface area (TPSA) is 109 Å². The number of hydrogen-bond acceptors (Lipinski definition) is 4. The van der Waals surface area contributed by atoms with Gasteiger partial charge in [0, 0.05) is 6.20 Å². The van der Waals surface area contributed by atoms with Gasteiger partial charge in [-0.25, -0.2) is 4.79 Å². The molecule has 0 aliphatic rings. The van der Waals surface area contributed by atoms with E-state index in [4.69, 9.17) is 5.11 Å². The average molecular weight is 207 g/mol. The number of carbonyl (C=O) groups is 1. The summed E-state index contributed by atoms with van der Waals surface area (Å²) in [6.07, 6.45) is 3.58. The van der Waals surface area contributed by atoms with Crippen LogP contribution >= 0.6 is 0 Å². The van der Waals surface area contributed by atoms with E-state index in [-0.39, 0.29) is 16.6 Å². The highest BCUT2D eigenvalue weighted by Crippen LogP contribution is 2.27. The smallest absolute Gasteiger partial charge is 0.338 e. The number of aromatic amines is 1. The van der Waals surface area contributed by atoms with Crippen LogP contribution in [0.3, 0.4) is 0 Å². The van der Waals surface area contributed by atoms with Gasteiger partial charge in [0.1, 0.15) is 6.20 Å². The summed E-state index contributed by atoms with van der Waals surface area (Å²) >= 11 is 0. The van der Waals surface area contributed by atoms with Gasteiger partial charge in [-0.3, -0.25) is 15.1 Å². The van der Waals surface area contributed by atoms with Crippen molar-refractivity contribution in [2.75, 3.05) is 0 Å². The van der Waals surface area contributed by atoms with Gasteiger partial charge in [0.05, 0.1) is 27.6 Å². The zero-order chi connectivity index (χ0) is 11.0. The molecule has 0 fully saturated rings. The second-order valence-corrected chi connectivity index (χ2v) is 2.85. The van der Waals surface area contributed by atoms with Crippen molar-refractivity contribution < 1.29 is 14.8 Å². The first-order valence-electron chi connectivity index (χ1n) is 3.94. The molecule has 0 amide bonds. The lowest BCUT2D eigenvalue weighted by molar-refractivity contribution is -0.383. The zero-order valence-corrected chi connectivity index (χ0v) is 7.30. The van der Waals surface area contributed by atoms with Crippen LogP contribution in [-0.2, 0) is 0 Å². The summed E-state index contributed by atoms with van der Waals surface area (Å²) in [4.78, 5) is 27.0. The van der Waals surface area contributed by atoms with Gasteiger partial charge in [-0.2, -0.15) is 0 Å². The Balaban J connectivity index is 2.86. The highest BCUT2D eigenvalue weighted by Gasteiger charge is 2.20. The van der Waals surface area contributed by atoms with Crippen molar-refractivity contribution in [3.8, 4) is 0 Å². The molecule has 0 atom stereocenters. The molecule has 0 unspecified atom stereocenters. The van der Waals surface area contributed by atoms with Gasteiger partial charge in [-0.1, -0.05) is 0 Å². The minimum Gasteiger partial charge on any atom is -0.478 e. The molecule has 2 aromatic rings. The van der Waals surface area contributed by atoms with Crippen molar-refractivity contribution in [2.45, 2.75) is 0 Å². The van der Waals surface area contributed by atoms with E-state index in [1.165, 1.54) is 12.4 Å². The van der Waals surface area contributed by atoms with Crippen molar-refractivity contribution in [3.05, 3.63) is 34.3 Å². The molecule has 15 heavy (non-hydrogen) atoms. The second kappa shape index (κ2) is 3.05. The maximum absolute atomic E-state index is 10.8. The lowest BCUT2D eigenvalue weighted by Crippen LogP contribution is -1.97. The van der Waals surface area contributed by atoms with E-state index in [2.05, 4.69) is 9.97 Å². The number of nitro groups is 1. The quantitative estimate of drug-likeness (QED) is 0.567. The van der Waals surface area contributed by atoms with Crippen LogP contribution in [0.2, 0.25) is 0 Å². The Labute approximate surface area is 82.5 Å². The fourth-order valence-electron chi connectivity index (χ4n) is 1.37. The molecule has 2 heterocycles. The van der Waals surface area contributed by atoms with E-state index >= 15 is 0 Å². The second-order valence-electron chi connectivity index (χ2n) is 2.85. The molecule has 0 saturated carbocycles. The first-order valence-corrected chi connectivity index (χ1v) is 3.94. The van der Waals surface area contributed by atoms with Crippen molar-refractivity contribution >= 4 is 22.6 Å². The lowest BCUT2D eigenvalue weighted by atomic mass is 10.2. The third kappa shape index (κ3) is 1.30. The number of rotatable bonds is 2. The number of carboxylic acids is 1. The van der Waals surface area contributed by atoms with Crippen LogP contribution in [0.15, 0.2) is 18.6 Å². The number of carboxylic acid groups (broad SMARTS) is 1. The van der Waals surface area contributed by atoms with E-state index < -0.39 is 10.9 Å². The van der Waals surface area contributed by atoms with E-state index in [1.807, 2.05) is 0 Å². The predicted molar refractivity (Wildman–Crippen MR) is 49.7 cm³/mol. The maximum Gasteiger partial charge on any atom is 0.338 e. The Bertz CT molecular complexity index is 560. The highest BCUT2D eigenvalue weighted by atomic mass is 16.6. The van der Waals surface area contributed by atoms with Gasteiger partial charge in [-0.05, 0) is 0 Å². The number of nitrogens with zero attached hydrogens (tertiary/aromatic N) is 2. The molecule has 7 nitrogen and oxygen atoms in total. The molecule has 0 aliphatic carbocycles. The molecule has 2 N–H and O–H groups in total. The van der Waals surface area contributed by atoms with E-state index in [0.717, 1.165) is 6.20 Å². The van der Waals surface area contributed by atoms with Gasteiger partial charge in [0.2, 0.25) is 0 Å². The van der Waals surface area contributed by atoms with Crippen LogP contribution in [0.25, 0.3) is 10.9 Å². The van der Waals surface area contributed by atoms with Crippen LogP contribution < -0.4 is 0 Å². The largest absolute Gasteiger partial charge is 0.478 e. The van der Waals surface area contributed by atoms with Crippen LogP contribution in [0.1, 0.15) is 10.4 Å². The average Bonchev–Trinajstić information content (AvgIpc) is 2.60. The number of H-pyrrole nitrogens is 1. The maximum atomic E-state index is 10.8. The standard InChI is InChI=1S/C8H5N3O4/c12-8(13)4-1-10-5-2-9-3-6(7(4)5)11(14)15/h1-3,10H,(H,12,13). The number of hydrogen-bond donors (Lipinski definition) is 2. The fraction of sp³-hybridized carbons (Fsp3) is 0. The summed E-state index contributed by atoms with van der Waals surface area (Å²) in [7, 11) is 0. The number of aromatic carboxylic acids is 1. The molecular formula is C8H5N3O4. The lowest BCUT2D eigenvalue weighted by Gasteiger charge is -1.94. The molecule has 0 aliphatic heterocycles. The molecule has 2 aromatic heterocycles. The van der Waals surface area contributed by atoms with E-state index in [1.54, 1.807) is 0 Å². The van der Waals surface area contributed by atoms with Gasteiger partial charge in [0.25, 0.3) is 5.69 Å². The normalized spacial score (nSPS) is 10.4. The SMILES string of the molecule is O=C(O)c1c[nH]c2cncc([N+](=O)[O-])c12. The Hall–Kier alpha value is -2.44. The predicted octanol–water partition coefficient (Wildman–Crippen LogP) is 1.17. The first kappa shape index (κ1) is 9.13. The summed E-state index contributed by atoms with van der Waals surface area (Å²) in [6.45, 7) is 0. The minimum absolute atomic E-state index is 0.0718. The summed E-state index contributed by atoms with van der Waals surface area (Å²) in [5.74, 6) is -1.21.